The van der Waals surface area contributed by atoms with Crippen LogP contribution in [0.2, 0.25) is 0 Å². The molecular weight excluding hydrogens is 516 g/mol. The summed E-state index contributed by atoms with van der Waals surface area (Å²) in [4.78, 5) is 8.92. The molecule has 1 aromatic carbocycles. The van der Waals surface area contributed by atoms with E-state index < -0.39 is 0 Å². The average molecular weight is 532 g/mol. The molecule has 1 saturated heterocycles. The molecule has 136 valence electrons. The van der Waals surface area contributed by atoms with Crippen LogP contribution in [0.15, 0.2) is 28.7 Å². The van der Waals surface area contributed by atoms with E-state index in [2.05, 4.69) is 65.0 Å². The van der Waals surface area contributed by atoms with Crippen molar-refractivity contribution in [3.8, 4) is 0 Å². The van der Waals surface area contributed by atoms with Crippen LogP contribution in [0, 0.1) is 9.52 Å². The van der Waals surface area contributed by atoms with Crippen molar-refractivity contribution in [2.24, 2.45) is 0 Å². The number of fused-ring (bicyclic) bond motifs is 1. The van der Waals surface area contributed by atoms with Gasteiger partial charge in [0.05, 0.1) is 10.2 Å². The highest BCUT2D eigenvalue weighted by Gasteiger charge is 2.21. The Morgan fingerprint density at radius 1 is 1.31 bits per heavy atom. The topological polar surface area (TPSA) is 64.3 Å². The van der Waals surface area contributed by atoms with Crippen LogP contribution in [0.1, 0.15) is 30.0 Å². The van der Waals surface area contributed by atoms with Crippen molar-refractivity contribution in [1.82, 2.24) is 19.6 Å². The van der Waals surface area contributed by atoms with Gasteiger partial charge in [0.1, 0.15) is 9.52 Å². The quantitative estimate of drug-likeness (QED) is 0.405. The summed E-state index contributed by atoms with van der Waals surface area (Å²) in [5.41, 5.74) is 1.64. The lowest BCUT2D eigenvalue weighted by molar-refractivity contribution is 0.0840. The Labute approximate surface area is 171 Å². The first-order valence-corrected chi connectivity index (χ1v) is 10.2. The Bertz CT molecular complexity index is 944. The summed E-state index contributed by atoms with van der Waals surface area (Å²) in [6.45, 7) is 1.81. The van der Waals surface area contributed by atoms with Crippen molar-refractivity contribution in [2.75, 3.05) is 18.5 Å². The molecule has 3 heterocycles. The molecule has 0 amide bonds. The summed E-state index contributed by atoms with van der Waals surface area (Å²) in [5.74, 6) is 1.09. The molecule has 1 fully saturated rings. The van der Waals surface area contributed by atoms with E-state index in [1.54, 1.807) is 22.7 Å². The average Bonchev–Trinajstić information content (AvgIpc) is 3.05. The number of hydrogen-bond donors (Lipinski definition) is 1. The molecular formula is C17H16BrFIN5O. The van der Waals surface area contributed by atoms with Crippen LogP contribution in [0.25, 0.3) is 5.78 Å². The third kappa shape index (κ3) is 3.70. The van der Waals surface area contributed by atoms with Crippen LogP contribution >= 0.6 is 38.5 Å². The van der Waals surface area contributed by atoms with Crippen molar-refractivity contribution >= 4 is 50.2 Å². The summed E-state index contributed by atoms with van der Waals surface area (Å²) in [5, 5.41) is 7.65. The van der Waals surface area contributed by atoms with Crippen molar-refractivity contribution in [3.63, 3.8) is 0 Å². The Hall–Kier alpha value is -1.33. The normalized spacial score (nSPS) is 15.5. The predicted molar refractivity (Wildman–Crippen MR) is 108 cm³/mol. The number of rotatable bonds is 4. The zero-order chi connectivity index (χ0) is 18.1. The summed E-state index contributed by atoms with van der Waals surface area (Å²) in [6.07, 6.45) is 1.92. The highest BCUT2D eigenvalue weighted by atomic mass is 127. The van der Waals surface area contributed by atoms with Gasteiger partial charge in [-0.3, -0.25) is 0 Å². The zero-order valence-corrected chi connectivity index (χ0v) is 17.5. The highest BCUT2D eigenvalue weighted by molar-refractivity contribution is 14.1. The second-order valence-electron chi connectivity index (χ2n) is 6.10. The van der Waals surface area contributed by atoms with E-state index in [4.69, 9.17) is 4.74 Å². The van der Waals surface area contributed by atoms with E-state index in [-0.39, 0.29) is 5.82 Å². The monoisotopic (exact) mass is 531 g/mol. The van der Waals surface area contributed by atoms with Gasteiger partial charge in [0.2, 0.25) is 5.95 Å². The lowest BCUT2D eigenvalue weighted by atomic mass is 9.96. The number of ether oxygens (including phenoxy) is 1. The molecule has 26 heavy (non-hydrogen) atoms. The summed E-state index contributed by atoms with van der Waals surface area (Å²) >= 11 is 5.40. The standard InChI is InChI=1S/C17H16BrFIN5O/c18-12-3-1-2-11(15(12)19)9-21-16-23-17-22-14(20)8-13(25(17)24-16)10-4-6-26-7-5-10/h1-3,8,10H,4-7,9H2,(H,21,24). The molecule has 0 bridgehead atoms. The molecule has 2 aromatic heterocycles. The summed E-state index contributed by atoms with van der Waals surface area (Å²) in [7, 11) is 0. The number of nitrogens with zero attached hydrogens (tertiary/aromatic N) is 4. The van der Waals surface area contributed by atoms with E-state index in [0.29, 0.717) is 34.2 Å². The number of anilines is 1. The van der Waals surface area contributed by atoms with Gasteiger partial charge in [-0.25, -0.2) is 9.37 Å². The summed E-state index contributed by atoms with van der Waals surface area (Å²) < 4.78 is 22.7. The largest absolute Gasteiger partial charge is 0.381 e. The van der Waals surface area contributed by atoms with Crippen LogP contribution in [0.3, 0.4) is 0 Å². The van der Waals surface area contributed by atoms with Gasteiger partial charge in [-0.2, -0.15) is 9.50 Å². The lowest BCUT2D eigenvalue weighted by Crippen LogP contribution is -2.17. The van der Waals surface area contributed by atoms with Gasteiger partial charge >= 0.3 is 0 Å². The van der Waals surface area contributed by atoms with Crippen molar-refractivity contribution in [3.05, 3.63) is 49.5 Å². The Morgan fingerprint density at radius 2 is 2.12 bits per heavy atom. The Balaban J connectivity index is 1.61. The van der Waals surface area contributed by atoms with Gasteiger partial charge in [0.25, 0.3) is 5.78 Å². The lowest BCUT2D eigenvalue weighted by Gasteiger charge is -2.22. The van der Waals surface area contributed by atoms with Gasteiger partial charge in [0.15, 0.2) is 0 Å². The fourth-order valence-corrected chi connectivity index (χ4v) is 4.02. The fraction of sp³-hybridized carbons (Fsp3) is 0.353. The minimum absolute atomic E-state index is 0.278. The third-order valence-corrected chi connectivity index (χ3v) is 5.58. The molecule has 0 saturated carbocycles. The fourth-order valence-electron chi connectivity index (χ4n) is 3.08. The maximum Gasteiger partial charge on any atom is 0.255 e. The maximum absolute atomic E-state index is 14.1. The molecule has 4 rings (SSSR count). The Kier molecular flexibility index (Phi) is 5.37. The van der Waals surface area contributed by atoms with E-state index in [1.807, 2.05) is 0 Å². The van der Waals surface area contributed by atoms with E-state index >= 15 is 0 Å². The Morgan fingerprint density at radius 3 is 2.92 bits per heavy atom. The summed E-state index contributed by atoms with van der Waals surface area (Å²) in [6, 6.07) is 7.26. The first kappa shape index (κ1) is 18.1. The van der Waals surface area contributed by atoms with Crippen molar-refractivity contribution in [2.45, 2.75) is 25.3 Å². The minimum Gasteiger partial charge on any atom is -0.381 e. The van der Waals surface area contributed by atoms with Gasteiger partial charge in [-0.1, -0.05) is 12.1 Å². The molecule has 0 atom stereocenters. The second kappa shape index (κ2) is 7.73. The van der Waals surface area contributed by atoms with Gasteiger partial charge in [0, 0.05) is 31.2 Å². The van der Waals surface area contributed by atoms with E-state index in [1.165, 1.54) is 0 Å². The maximum atomic E-state index is 14.1. The van der Waals surface area contributed by atoms with Crippen LogP contribution in [-0.2, 0) is 11.3 Å². The molecule has 0 unspecified atom stereocenters. The van der Waals surface area contributed by atoms with E-state index in [0.717, 1.165) is 35.4 Å². The number of nitrogens with one attached hydrogen (secondary N) is 1. The first-order chi connectivity index (χ1) is 12.6. The number of hydrogen-bond acceptors (Lipinski definition) is 5. The van der Waals surface area contributed by atoms with E-state index in [9.17, 15) is 4.39 Å². The number of benzene rings is 1. The minimum atomic E-state index is -0.278. The molecule has 6 nitrogen and oxygen atoms in total. The SMILES string of the molecule is Fc1c(Br)cccc1CNc1nc2nc(I)cc(C3CCOCC3)n2n1. The van der Waals surface area contributed by atoms with Gasteiger partial charge in [-0.15, -0.1) is 5.10 Å². The first-order valence-electron chi connectivity index (χ1n) is 8.29. The second-order valence-corrected chi connectivity index (χ2v) is 8.06. The van der Waals surface area contributed by atoms with Gasteiger partial charge in [-0.05, 0) is 63.5 Å². The van der Waals surface area contributed by atoms with Crippen LogP contribution in [-0.4, -0.2) is 32.8 Å². The molecule has 9 heteroatoms. The van der Waals surface area contributed by atoms with Crippen molar-refractivity contribution in [1.29, 1.82) is 0 Å². The zero-order valence-electron chi connectivity index (χ0n) is 13.8. The molecule has 3 aromatic rings. The van der Waals surface area contributed by atoms with Crippen LogP contribution in [0.5, 0.6) is 0 Å². The molecule has 1 aliphatic heterocycles. The highest BCUT2D eigenvalue weighted by Crippen LogP contribution is 2.28. The molecule has 1 aliphatic rings. The van der Waals surface area contributed by atoms with Crippen molar-refractivity contribution < 1.29 is 9.13 Å². The molecule has 0 aliphatic carbocycles. The van der Waals surface area contributed by atoms with Crippen LogP contribution < -0.4 is 5.32 Å². The molecule has 0 spiro atoms. The number of aromatic nitrogens is 4. The third-order valence-electron chi connectivity index (χ3n) is 4.42. The van der Waals surface area contributed by atoms with Crippen LogP contribution in [0.4, 0.5) is 10.3 Å². The predicted octanol–water partition coefficient (Wildman–Crippen LogP) is 4.14. The molecule has 0 radical (unpaired) electrons. The smallest absolute Gasteiger partial charge is 0.255 e. The van der Waals surface area contributed by atoms with Gasteiger partial charge < -0.3 is 10.1 Å². The number of halogens is 3. The molecule has 1 N–H and O–H groups in total.